The summed E-state index contributed by atoms with van der Waals surface area (Å²) in [6.45, 7) is 4.79. The molecule has 1 aromatic carbocycles. The molecule has 0 bridgehead atoms. The quantitative estimate of drug-likeness (QED) is 0.726. The number of benzene rings is 1. The van der Waals surface area contributed by atoms with E-state index in [1.54, 1.807) is 36.5 Å². The van der Waals surface area contributed by atoms with E-state index >= 15 is 0 Å². The molecule has 8 heteroatoms. The highest BCUT2D eigenvalue weighted by Gasteiger charge is 2.34. The van der Waals surface area contributed by atoms with E-state index < -0.39 is 10.0 Å². The Kier molecular flexibility index (Phi) is 6.46. The lowest BCUT2D eigenvalue weighted by Crippen LogP contribution is -2.51. The average Bonchev–Trinajstić information content (AvgIpc) is 2.80. The number of rotatable bonds is 5. The first-order valence-corrected chi connectivity index (χ1v) is 11.9. The lowest BCUT2D eigenvalue weighted by Gasteiger charge is -2.38. The van der Waals surface area contributed by atoms with Gasteiger partial charge in [-0.15, -0.1) is 0 Å². The molecule has 0 saturated carbocycles. The Balaban J connectivity index is 1.27. The summed E-state index contributed by atoms with van der Waals surface area (Å²) in [6, 6.07) is 12.5. The van der Waals surface area contributed by atoms with Crippen molar-refractivity contribution in [3.05, 3.63) is 60.4 Å². The summed E-state index contributed by atoms with van der Waals surface area (Å²) >= 11 is 0. The fourth-order valence-electron chi connectivity index (χ4n) is 4.22. The number of aromatic nitrogens is 1. The van der Waals surface area contributed by atoms with Gasteiger partial charge in [-0.1, -0.05) is 24.3 Å². The van der Waals surface area contributed by atoms with Gasteiger partial charge in [0.15, 0.2) is 0 Å². The molecule has 4 rings (SSSR count). The smallest absolute Gasteiger partial charge is 0.243 e. The minimum absolute atomic E-state index is 0.0860. The second kappa shape index (κ2) is 9.24. The highest BCUT2D eigenvalue weighted by molar-refractivity contribution is 7.89. The number of pyridine rings is 1. The number of carbonyl (C=O) groups excluding carboxylic acids is 1. The second-order valence-corrected chi connectivity index (χ2v) is 9.89. The topological polar surface area (TPSA) is 73.8 Å². The first-order chi connectivity index (χ1) is 14.5. The van der Waals surface area contributed by atoms with E-state index in [4.69, 9.17) is 0 Å². The molecule has 2 fully saturated rings. The summed E-state index contributed by atoms with van der Waals surface area (Å²) in [5, 5.41) is 0. The van der Waals surface area contributed by atoms with Gasteiger partial charge in [0.05, 0.1) is 4.90 Å². The van der Waals surface area contributed by atoms with Crippen LogP contribution in [0.25, 0.3) is 0 Å². The maximum atomic E-state index is 13.0. The summed E-state index contributed by atoms with van der Waals surface area (Å²) < 4.78 is 27.1. The first-order valence-electron chi connectivity index (χ1n) is 10.5. The SMILES string of the molecule is O=C(C1CCN(S(=O)(=O)c2ccccc2)CC1)N1CCN(Cc2cccnc2)CC1. The highest BCUT2D eigenvalue weighted by atomic mass is 32.2. The number of hydrogen-bond donors (Lipinski definition) is 0. The van der Waals surface area contributed by atoms with Crippen molar-refractivity contribution in [3.8, 4) is 0 Å². The fourth-order valence-corrected chi connectivity index (χ4v) is 5.71. The van der Waals surface area contributed by atoms with Crippen LogP contribution in [0.15, 0.2) is 59.8 Å². The van der Waals surface area contributed by atoms with Crippen molar-refractivity contribution in [2.75, 3.05) is 39.3 Å². The zero-order chi connectivity index (χ0) is 21.0. The van der Waals surface area contributed by atoms with Crippen LogP contribution in [-0.4, -0.2) is 72.7 Å². The first kappa shape index (κ1) is 21.0. The molecular formula is C22H28N4O3S. The summed E-state index contributed by atoms with van der Waals surface area (Å²) in [7, 11) is -3.48. The summed E-state index contributed by atoms with van der Waals surface area (Å²) in [5.74, 6) is 0.0879. The van der Waals surface area contributed by atoms with Crippen molar-refractivity contribution in [1.29, 1.82) is 0 Å². The molecule has 7 nitrogen and oxygen atoms in total. The number of piperazine rings is 1. The van der Waals surface area contributed by atoms with E-state index in [-0.39, 0.29) is 11.8 Å². The molecule has 1 aromatic heterocycles. The van der Waals surface area contributed by atoms with Crippen LogP contribution in [0.3, 0.4) is 0 Å². The van der Waals surface area contributed by atoms with Crippen molar-refractivity contribution in [1.82, 2.24) is 19.1 Å². The van der Waals surface area contributed by atoms with Crippen molar-refractivity contribution in [2.24, 2.45) is 5.92 Å². The minimum Gasteiger partial charge on any atom is -0.340 e. The molecule has 2 aliphatic heterocycles. The number of carbonyl (C=O) groups is 1. The zero-order valence-electron chi connectivity index (χ0n) is 17.1. The molecular weight excluding hydrogens is 400 g/mol. The van der Waals surface area contributed by atoms with Crippen molar-refractivity contribution in [2.45, 2.75) is 24.3 Å². The lowest BCUT2D eigenvalue weighted by molar-refractivity contribution is -0.138. The van der Waals surface area contributed by atoms with Crippen molar-refractivity contribution >= 4 is 15.9 Å². The molecule has 2 aliphatic rings. The average molecular weight is 429 g/mol. The van der Waals surface area contributed by atoms with Gasteiger partial charge in [-0.3, -0.25) is 14.7 Å². The Labute approximate surface area is 178 Å². The summed E-state index contributed by atoms with van der Waals surface area (Å²) in [4.78, 5) is 21.7. The fraction of sp³-hybridized carbons (Fsp3) is 0.455. The van der Waals surface area contributed by atoms with E-state index in [0.29, 0.717) is 30.8 Å². The Morgan fingerprint density at radius 2 is 1.63 bits per heavy atom. The Morgan fingerprint density at radius 3 is 2.27 bits per heavy atom. The maximum Gasteiger partial charge on any atom is 0.243 e. The molecule has 0 radical (unpaired) electrons. The van der Waals surface area contributed by atoms with Crippen molar-refractivity contribution < 1.29 is 13.2 Å². The number of hydrogen-bond acceptors (Lipinski definition) is 5. The molecule has 1 amide bonds. The van der Waals surface area contributed by atoms with Crippen LogP contribution in [0, 0.1) is 5.92 Å². The van der Waals surface area contributed by atoms with Gasteiger partial charge in [-0.05, 0) is 36.6 Å². The van der Waals surface area contributed by atoms with Gasteiger partial charge in [0.2, 0.25) is 15.9 Å². The molecule has 3 heterocycles. The molecule has 0 spiro atoms. The van der Waals surface area contributed by atoms with Crippen LogP contribution in [-0.2, 0) is 21.4 Å². The van der Waals surface area contributed by atoms with Crippen molar-refractivity contribution in [3.63, 3.8) is 0 Å². The van der Waals surface area contributed by atoms with Gasteiger partial charge >= 0.3 is 0 Å². The monoisotopic (exact) mass is 428 g/mol. The van der Waals surface area contributed by atoms with E-state index in [1.165, 1.54) is 9.87 Å². The van der Waals surface area contributed by atoms with Gasteiger partial charge in [0, 0.05) is 64.1 Å². The predicted octanol–water partition coefficient (Wildman–Crippen LogP) is 1.83. The van der Waals surface area contributed by atoms with Crippen LogP contribution in [0.1, 0.15) is 18.4 Å². The second-order valence-electron chi connectivity index (χ2n) is 7.95. The van der Waals surface area contributed by atoms with E-state index in [0.717, 1.165) is 32.7 Å². The van der Waals surface area contributed by atoms with Crippen LogP contribution < -0.4 is 0 Å². The summed E-state index contributed by atoms with van der Waals surface area (Å²) in [6.07, 6.45) is 4.83. The molecule has 30 heavy (non-hydrogen) atoms. The lowest BCUT2D eigenvalue weighted by atomic mass is 9.96. The molecule has 160 valence electrons. The third-order valence-electron chi connectivity index (χ3n) is 6.00. The predicted molar refractivity (Wildman–Crippen MR) is 114 cm³/mol. The normalized spacial score (nSPS) is 19.7. The Bertz CT molecular complexity index is 937. The molecule has 2 aromatic rings. The number of sulfonamides is 1. The number of nitrogens with zero attached hydrogens (tertiary/aromatic N) is 4. The summed E-state index contributed by atoms with van der Waals surface area (Å²) in [5.41, 5.74) is 1.18. The van der Waals surface area contributed by atoms with Gasteiger partial charge in [0.1, 0.15) is 0 Å². The molecule has 0 aliphatic carbocycles. The van der Waals surface area contributed by atoms with Gasteiger partial charge in [-0.25, -0.2) is 8.42 Å². The molecule has 0 atom stereocenters. The number of amides is 1. The van der Waals surface area contributed by atoms with Crippen LogP contribution in [0.4, 0.5) is 0 Å². The van der Waals surface area contributed by atoms with Gasteiger partial charge in [0.25, 0.3) is 0 Å². The highest BCUT2D eigenvalue weighted by Crippen LogP contribution is 2.25. The Morgan fingerprint density at radius 1 is 0.933 bits per heavy atom. The molecule has 0 unspecified atom stereocenters. The number of piperidine rings is 1. The third kappa shape index (κ3) is 4.71. The Hall–Kier alpha value is -2.29. The van der Waals surface area contributed by atoms with E-state index in [9.17, 15) is 13.2 Å². The standard InChI is InChI=1S/C22H28N4O3S/c27-22(25-15-13-24(14-16-25)18-19-5-4-10-23-17-19)20-8-11-26(12-9-20)30(28,29)21-6-2-1-3-7-21/h1-7,10,17,20H,8-9,11-16,18H2. The zero-order valence-corrected chi connectivity index (χ0v) is 17.9. The largest absolute Gasteiger partial charge is 0.340 e. The molecule has 2 saturated heterocycles. The molecule has 0 N–H and O–H groups in total. The maximum absolute atomic E-state index is 13.0. The van der Waals surface area contributed by atoms with Gasteiger partial charge < -0.3 is 4.90 Å². The van der Waals surface area contributed by atoms with Crippen LogP contribution >= 0.6 is 0 Å². The van der Waals surface area contributed by atoms with Gasteiger partial charge in [-0.2, -0.15) is 4.31 Å². The van der Waals surface area contributed by atoms with Crippen LogP contribution in [0.5, 0.6) is 0 Å². The minimum atomic E-state index is -3.48. The van der Waals surface area contributed by atoms with E-state index in [2.05, 4.69) is 16.0 Å². The van der Waals surface area contributed by atoms with E-state index in [1.807, 2.05) is 17.2 Å². The third-order valence-corrected chi connectivity index (χ3v) is 7.91. The van der Waals surface area contributed by atoms with Crippen LogP contribution in [0.2, 0.25) is 0 Å².